The monoisotopic (exact) mass is 453 g/mol. The number of anilines is 1. The number of halogens is 1. The van der Waals surface area contributed by atoms with Crippen molar-refractivity contribution in [1.82, 2.24) is 9.80 Å². The maximum Gasteiger partial charge on any atom is 0.123 e. The Morgan fingerprint density at radius 3 is 1.97 bits per heavy atom. The summed E-state index contributed by atoms with van der Waals surface area (Å²) in [6.07, 6.45) is 4.86. The molecule has 1 aliphatic heterocycles. The van der Waals surface area contributed by atoms with Gasteiger partial charge in [-0.25, -0.2) is 4.39 Å². The molecule has 0 bridgehead atoms. The highest BCUT2D eigenvalue weighted by atomic mass is 19.1. The van der Waals surface area contributed by atoms with Gasteiger partial charge in [-0.1, -0.05) is 51.0 Å². The lowest BCUT2D eigenvalue weighted by molar-refractivity contribution is 0.0841. The fourth-order valence-electron chi connectivity index (χ4n) is 5.15. The smallest absolute Gasteiger partial charge is 0.123 e. The van der Waals surface area contributed by atoms with Crippen LogP contribution in [0.5, 0.6) is 0 Å². The van der Waals surface area contributed by atoms with Crippen LogP contribution < -0.4 is 4.90 Å². The molecule has 0 unspecified atom stereocenters. The molecule has 0 aromatic heterocycles. The van der Waals surface area contributed by atoms with Crippen LogP contribution in [0.4, 0.5) is 10.1 Å². The standard InChI is InChI=1S/C29H44FN3/c1-5-24(6-2)22-33(23-26-9-13-27(30)14-10-26)29-17-19-31(20-18-29)21-25-11-15-28(16-12-25)32(7-3)8-4/h9-16,24,29H,5-8,17-23H2,1-4H3. The lowest BCUT2D eigenvalue weighted by Gasteiger charge is -2.40. The van der Waals surface area contributed by atoms with Crippen LogP contribution in [0.25, 0.3) is 0 Å². The zero-order valence-corrected chi connectivity index (χ0v) is 21.3. The van der Waals surface area contributed by atoms with E-state index in [0.717, 1.165) is 51.7 Å². The van der Waals surface area contributed by atoms with Crippen molar-refractivity contribution >= 4 is 5.69 Å². The number of hydrogen-bond acceptors (Lipinski definition) is 3. The molecule has 3 rings (SSSR count). The van der Waals surface area contributed by atoms with E-state index in [9.17, 15) is 4.39 Å². The molecule has 1 heterocycles. The van der Waals surface area contributed by atoms with Crippen molar-refractivity contribution in [3.63, 3.8) is 0 Å². The third-order valence-electron chi connectivity index (χ3n) is 7.49. The molecule has 0 saturated carbocycles. The van der Waals surface area contributed by atoms with Crippen molar-refractivity contribution in [1.29, 1.82) is 0 Å². The van der Waals surface area contributed by atoms with Gasteiger partial charge in [-0.2, -0.15) is 0 Å². The molecule has 1 fully saturated rings. The van der Waals surface area contributed by atoms with Gasteiger partial charge in [0.15, 0.2) is 0 Å². The Bertz CT molecular complexity index is 789. The van der Waals surface area contributed by atoms with E-state index in [1.807, 2.05) is 12.1 Å². The average molecular weight is 454 g/mol. The lowest BCUT2D eigenvalue weighted by Crippen LogP contribution is -2.45. The van der Waals surface area contributed by atoms with E-state index in [1.165, 1.54) is 42.5 Å². The zero-order valence-electron chi connectivity index (χ0n) is 21.3. The van der Waals surface area contributed by atoms with E-state index in [0.29, 0.717) is 6.04 Å². The predicted molar refractivity (Wildman–Crippen MR) is 139 cm³/mol. The van der Waals surface area contributed by atoms with Gasteiger partial charge >= 0.3 is 0 Å². The number of piperidine rings is 1. The Morgan fingerprint density at radius 2 is 1.42 bits per heavy atom. The predicted octanol–water partition coefficient (Wildman–Crippen LogP) is 6.57. The second-order valence-electron chi connectivity index (χ2n) is 9.58. The van der Waals surface area contributed by atoms with E-state index < -0.39 is 0 Å². The van der Waals surface area contributed by atoms with Crippen LogP contribution in [-0.2, 0) is 13.1 Å². The third kappa shape index (κ3) is 7.55. The normalized spacial score (nSPS) is 15.5. The number of likely N-dealkylation sites (tertiary alicyclic amines) is 1. The Hall–Kier alpha value is -1.91. The summed E-state index contributed by atoms with van der Waals surface area (Å²) in [4.78, 5) is 7.68. The molecule has 1 aliphatic rings. The molecule has 0 amide bonds. The second-order valence-corrected chi connectivity index (χ2v) is 9.58. The summed E-state index contributed by atoms with van der Waals surface area (Å²) >= 11 is 0. The van der Waals surface area contributed by atoms with E-state index >= 15 is 0 Å². The lowest BCUT2D eigenvalue weighted by atomic mass is 9.97. The highest BCUT2D eigenvalue weighted by molar-refractivity contribution is 5.47. The van der Waals surface area contributed by atoms with E-state index in [-0.39, 0.29) is 5.82 Å². The van der Waals surface area contributed by atoms with E-state index in [2.05, 4.69) is 66.7 Å². The molecular weight excluding hydrogens is 409 g/mol. The Labute approximate surface area is 201 Å². The molecule has 4 heteroatoms. The van der Waals surface area contributed by atoms with E-state index in [1.54, 1.807) is 12.1 Å². The summed E-state index contributed by atoms with van der Waals surface area (Å²) < 4.78 is 13.4. The largest absolute Gasteiger partial charge is 0.372 e. The first kappa shape index (κ1) is 25.7. The minimum Gasteiger partial charge on any atom is -0.372 e. The maximum atomic E-state index is 13.4. The van der Waals surface area contributed by atoms with Gasteiger partial charge in [0.1, 0.15) is 5.82 Å². The Balaban J connectivity index is 1.57. The van der Waals surface area contributed by atoms with Gasteiger partial charge in [0, 0.05) is 44.5 Å². The number of rotatable bonds is 12. The van der Waals surface area contributed by atoms with Crippen molar-refractivity contribution in [2.75, 3.05) is 37.6 Å². The van der Waals surface area contributed by atoms with Crippen molar-refractivity contribution < 1.29 is 4.39 Å². The molecule has 2 aromatic carbocycles. The van der Waals surface area contributed by atoms with Crippen LogP contribution in [0, 0.1) is 11.7 Å². The van der Waals surface area contributed by atoms with Crippen LogP contribution in [-0.4, -0.2) is 48.6 Å². The van der Waals surface area contributed by atoms with Gasteiger partial charge in [0.2, 0.25) is 0 Å². The first-order valence-electron chi connectivity index (χ1n) is 13.1. The minimum atomic E-state index is -0.149. The van der Waals surface area contributed by atoms with Crippen LogP contribution >= 0.6 is 0 Å². The van der Waals surface area contributed by atoms with Crippen LogP contribution in [0.15, 0.2) is 48.5 Å². The fraction of sp³-hybridized carbons (Fsp3) is 0.586. The maximum absolute atomic E-state index is 13.4. The second kappa shape index (κ2) is 13.1. The van der Waals surface area contributed by atoms with Crippen LogP contribution in [0.2, 0.25) is 0 Å². The summed E-state index contributed by atoms with van der Waals surface area (Å²) in [5.41, 5.74) is 3.95. The summed E-state index contributed by atoms with van der Waals surface area (Å²) in [5.74, 6) is 0.580. The van der Waals surface area contributed by atoms with Crippen LogP contribution in [0.3, 0.4) is 0 Å². The van der Waals surface area contributed by atoms with Gasteiger partial charge in [-0.3, -0.25) is 9.80 Å². The van der Waals surface area contributed by atoms with Crippen molar-refractivity contribution in [2.45, 2.75) is 72.5 Å². The average Bonchev–Trinajstić information content (AvgIpc) is 2.85. The Morgan fingerprint density at radius 1 is 0.848 bits per heavy atom. The third-order valence-corrected chi connectivity index (χ3v) is 7.49. The molecule has 0 N–H and O–H groups in total. The first-order chi connectivity index (χ1) is 16.1. The molecule has 0 spiro atoms. The molecule has 0 radical (unpaired) electrons. The molecule has 0 aliphatic carbocycles. The molecule has 33 heavy (non-hydrogen) atoms. The summed E-state index contributed by atoms with van der Waals surface area (Å²) in [6.45, 7) is 16.5. The molecule has 3 nitrogen and oxygen atoms in total. The molecule has 0 atom stereocenters. The Kier molecular flexibility index (Phi) is 10.2. The van der Waals surface area contributed by atoms with Gasteiger partial charge in [0.05, 0.1) is 0 Å². The first-order valence-corrected chi connectivity index (χ1v) is 13.1. The summed E-state index contributed by atoms with van der Waals surface area (Å²) in [7, 11) is 0. The summed E-state index contributed by atoms with van der Waals surface area (Å²) in [6, 6.07) is 16.8. The van der Waals surface area contributed by atoms with Gasteiger partial charge in [0.25, 0.3) is 0 Å². The van der Waals surface area contributed by atoms with E-state index in [4.69, 9.17) is 0 Å². The van der Waals surface area contributed by atoms with Gasteiger partial charge in [-0.15, -0.1) is 0 Å². The van der Waals surface area contributed by atoms with Gasteiger partial charge < -0.3 is 4.90 Å². The van der Waals surface area contributed by atoms with Crippen molar-refractivity contribution in [3.05, 3.63) is 65.5 Å². The zero-order chi connectivity index (χ0) is 23.6. The molecule has 2 aromatic rings. The number of benzene rings is 2. The highest BCUT2D eigenvalue weighted by Gasteiger charge is 2.26. The van der Waals surface area contributed by atoms with Crippen LogP contribution in [0.1, 0.15) is 64.5 Å². The quantitative estimate of drug-likeness (QED) is 0.360. The molecule has 182 valence electrons. The van der Waals surface area contributed by atoms with Gasteiger partial charge in [-0.05, 0) is 81.1 Å². The fourth-order valence-corrected chi connectivity index (χ4v) is 5.15. The topological polar surface area (TPSA) is 9.72 Å². The summed E-state index contributed by atoms with van der Waals surface area (Å²) in [5, 5.41) is 0. The highest BCUT2D eigenvalue weighted by Crippen LogP contribution is 2.24. The minimum absolute atomic E-state index is 0.149. The van der Waals surface area contributed by atoms with Crippen molar-refractivity contribution in [3.8, 4) is 0 Å². The number of hydrogen-bond donors (Lipinski definition) is 0. The van der Waals surface area contributed by atoms with Crippen molar-refractivity contribution in [2.24, 2.45) is 5.92 Å². The molecule has 1 saturated heterocycles. The SMILES string of the molecule is CCC(CC)CN(Cc1ccc(F)cc1)C1CCN(Cc2ccc(N(CC)CC)cc2)CC1. The number of nitrogens with zero attached hydrogens (tertiary/aromatic N) is 3. The molecular formula is C29H44FN3.